The van der Waals surface area contributed by atoms with E-state index >= 15 is 0 Å². The van der Waals surface area contributed by atoms with Crippen LogP contribution in [0.2, 0.25) is 0 Å². The summed E-state index contributed by atoms with van der Waals surface area (Å²) in [6.45, 7) is 10.5. The fraction of sp³-hybridized carbons (Fsp3) is 0.440. The summed E-state index contributed by atoms with van der Waals surface area (Å²) >= 11 is 0. The fourth-order valence-corrected chi connectivity index (χ4v) is 4.77. The van der Waals surface area contributed by atoms with E-state index in [1.807, 2.05) is 6.92 Å². The van der Waals surface area contributed by atoms with Gasteiger partial charge in [-0.1, -0.05) is 6.58 Å². The molecule has 2 amide bonds. The molecule has 3 atom stereocenters. The highest BCUT2D eigenvalue weighted by Crippen LogP contribution is 2.32. The first kappa shape index (κ1) is 23.5. The molecule has 1 fully saturated rings. The number of benzene rings is 1. The van der Waals surface area contributed by atoms with Crippen LogP contribution in [0, 0.1) is 0 Å². The van der Waals surface area contributed by atoms with Gasteiger partial charge in [-0.05, 0) is 64.3 Å². The lowest BCUT2D eigenvalue weighted by atomic mass is 9.92. The number of piperidine rings is 1. The number of carbonyl (C=O) groups excluding carboxylic acids is 2. The Bertz CT molecular complexity index is 1150. The van der Waals surface area contributed by atoms with E-state index in [0.29, 0.717) is 24.0 Å². The van der Waals surface area contributed by atoms with Crippen molar-refractivity contribution in [2.45, 2.75) is 64.5 Å². The molecule has 4 rings (SSSR count). The minimum Gasteiger partial charge on any atom is -0.494 e. The molecule has 34 heavy (non-hydrogen) atoms. The Balaban J connectivity index is 1.59. The van der Waals surface area contributed by atoms with Crippen LogP contribution in [0.1, 0.15) is 63.5 Å². The highest BCUT2D eigenvalue weighted by molar-refractivity contribution is 6.04. The summed E-state index contributed by atoms with van der Waals surface area (Å²) in [5.41, 5.74) is 1.12. The Morgan fingerprint density at radius 3 is 2.53 bits per heavy atom. The molecule has 0 bridgehead atoms. The van der Waals surface area contributed by atoms with Crippen LogP contribution in [0.15, 0.2) is 35.6 Å². The molecule has 0 aliphatic carbocycles. The molecule has 2 aliphatic rings. The van der Waals surface area contributed by atoms with E-state index in [9.17, 15) is 14.4 Å². The Kier molecular flexibility index (Phi) is 6.72. The minimum atomic E-state index is -0.941. The van der Waals surface area contributed by atoms with Crippen LogP contribution in [-0.2, 0) is 14.3 Å². The Labute approximate surface area is 198 Å². The summed E-state index contributed by atoms with van der Waals surface area (Å²) in [4.78, 5) is 48.2. The topological polar surface area (TPSA) is 116 Å². The number of aromatic nitrogens is 2. The van der Waals surface area contributed by atoms with Gasteiger partial charge in [0.05, 0.1) is 18.1 Å². The zero-order valence-corrected chi connectivity index (χ0v) is 19.8. The molecule has 180 valence electrons. The normalized spacial score (nSPS) is 21.9. The molecule has 1 aromatic carbocycles. The molecule has 9 nitrogen and oxygen atoms in total. The van der Waals surface area contributed by atoms with Gasteiger partial charge in [0.25, 0.3) is 5.56 Å². The third kappa shape index (κ3) is 4.69. The molecule has 0 radical (unpaired) electrons. The number of carbonyl (C=O) groups is 2. The van der Waals surface area contributed by atoms with Gasteiger partial charge in [0, 0.05) is 29.8 Å². The standard InChI is InChI=1S/C25H31N5O4/c1-5-34-16(4)17-9-11-18(12-10-17)26-23(32)19-13-20(31)27-22-21(19)24(33)29-25(28-22)30-14(2)7-6-8-15(30)3/h9-12,14-15,19H,4-8,13H2,1-3H3,(H,26,32)(H2,27,28,29,31,33)/t14-,15-,19-/m0/s1. The van der Waals surface area contributed by atoms with E-state index in [4.69, 9.17) is 4.74 Å². The summed E-state index contributed by atoms with van der Waals surface area (Å²) < 4.78 is 5.40. The molecule has 2 aliphatic heterocycles. The quantitative estimate of drug-likeness (QED) is 0.561. The number of hydrogen-bond donors (Lipinski definition) is 3. The van der Waals surface area contributed by atoms with Gasteiger partial charge in [-0.15, -0.1) is 0 Å². The molecular weight excluding hydrogens is 434 g/mol. The third-order valence-electron chi connectivity index (χ3n) is 6.49. The van der Waals surface area contributed by atoms with Crippen LogP contribution in [0.3, 0.4) is 0 Å². The first-order chi connectivity index (χ1) is 16.3. The molecule has 1 saturated heterocycles. The lowest BCUT2D eigenvalue weighted by molar-refractivity contribution is -0.123. The van der Waals surface area contributed by atoms with Crippen molar-refractivity contribution in [1.29, 1.82) is 0 Å². The number of ether oxygens (including phenoxy) is 1. The number of anilines is 3. The van der Waals surface area contributed by atoms with Gasteiger partial charge in [0.15, 0.2) is 0 Å². The summed E-state index contributed by atoms with van der Waals surface area (Å²) in [6, 6.07) is 7.46. The van der Waals surface area contributed by atoms with Crippen molar-refractivity contribution in [2.75, 3.05) is 22.1 Å². The van der Waals surface area contributed by atoms with Crippen molar-refractivity contribution < 1.29 is 14.3 Å². The molecular formula is C25H31N5O4. The highest BCUT2D eigenvalue weighted by atomic mass is 16.5. The second-order valence-electron chi connectivity index (χ2n) is 8.92. The van der Waals surface area contributed by atoms with E-state index < -0.39 is 17.4 Å². The van der Waals surface area contributed by atoms with Crippen LogP contribution < -0.4 is 21.1 Å². The van der Waals surface area contributed by atoms with Gasteiger partial charge in [-0.3, -0.25) is 19.4 Å². The van der Waals surface area contributed by atoms with Crippen LogP contribution in [-0.4, -0.2) is 40.5 Å². The van der Waals surface area contributed by atoms with Crippen molar-refractivity contribution in [3.63, 3.8) is 0 Å². The van der Waals surface area contributed by atoms with Gasteiger partial charge in [-0.2, -0.15) is 4.98 Å². The van der Waals surface area contributed by atoms with Gasteiger partial charge in [0.1, 0.15) is 11.6 Å². The smallest absolute Gasteiger partial charge is 0.258 e. The average molecular weight is 466 g/mol. The molecule has 9 heteroatoms. The third-order valence-corrected chi connectivity index (χ3v) is 6.49. The van der Waals surface area contributed by atoms with Crippen LogP contribution in [0.4, 0.5) is 17.5 Å². The summed E-state index contributed by atoms with van der Waals surface area (Å²) in [6.07, 6.45) is 2.99. The van der Waals surface area contributed by atoms with Crippen molar-refractivity contribution in [3.05, 3.63) is 52.3 Å². The maximum Gasteiger partial charge on any atom is 0.258 e. The Hall–Kier alpha value is -3.62. The fourth-order valence-electron chi connectivity index (χ4n) is 4.77. The van der Waals surface area contributed by atoms with Gasteiger partial charge in [0.2, 0.25) is 17.8 Å². The number of fused-ring (bicyclic) bond motifs is 1. The van der Waals surface area contributed by atoms with Crippen molar-refractivity contribution in [1.82, 2.24) is 9.97 Å². The number of H-pyrrole nitrogens is 1. The van der Waals surface area contributed by atoms with E-state index in [1.165, 1.54) is 0 Å². The SMILES string of the molecule is C=C(OCC)c1ccc(NC(=O)[C@H]2CC(=O)Nc3nc(N4[C@@H](C)CCC[C@@H]4C)[nH]c(=O)c32)cc1. The number of nitrogens with one attached hydrogen (secondary N) is 3. The van der Waals surface area contributed by atoms with E-state index in [2.05, 4.69) is 45.9 Å². The van der Waals surface area contributed by atoms with E-state index in [-0.39, 0.29) is 35.8 Å². The Morgan fingerprint density at radius 2 is 1.88 bits per heavy atom. The summed E-state index contributed by atoms with van der Waals surface area (Å²) in [7, 11) is 0. The van der Waals surface area contributed by atoms with Crippen molar-refractivity contribution in [2.24, 2.45) is 0 Å². The van der Waals surface area contributed by atoms with Crippen LogP contribution in [0.25, 0.3) is 5.76 Å². The number of aromatic amines is 1. The number of rotatable bonds is 6. The van der Waals surface area contributed by atoms with Gasteiger partial charge >= 0.3 is 0 Å². The Morgan fingerprint density at radius 1 is 1.21 bits per heavy atom. The molecule has 1 aromatic heterocycles. The van der Waals surface area contributed by atoms with Gasteiger partial charge < -0.3 is 20.3 Å². The minimum absolute atomic E-state index is 0.126. The number of nitrogens with zero attached hydrogens (tertiary/aromatic N) is 2. The molecule has 2 aromatic rings. The maximum atomic E-state index is 13.1. The lowest BCUT2D eigenvalue weighted by Gasteiger charge is -2.39. The lowest BCUT2D eigenvalue weighted by Crippen LogP contribution is -2.46. The maximum absolute atomic E-state index is 13.1. The molecule has 3 heterocycles. The first-order valence-electron chi connectivity index (χ1n) is 11.7. The monoisotopic (exact) mass is 465 g/mol. The predicted molar refractivity (Wildman–Crippen MR) is 132 cm³/mol. The van der Waals surface area contributed by atoms with Crippen molar-refractivity contribution in [3.8, 4) is 0 Å². The molecule has 0 unspecified atom stereocenters. The summed E-state index contributed by atoms with van der Waals surface area (Å²) in [5.74, 6) is -0.599. The van der Waals surface area contributed by atoms with Gasteiger partial charge in [-0.25, -0.2) is 0 Å². The van der Waals surface area contributed by atoms with Crippen LogP contribution in [0.5, 0.6) is 0 Å². The zero-order chi connectivity index (χ0) is 24.4. The molecule has 3 N–H and O–H groups in total. The zero-order valence-electron chi connectivity index (χ0n) is 19.8. The molecule has 0 spiro atoms. The highest BCUT2D eigenvalue weighted by Gasteiger charge is 2.36. The van der Waals surface area contributed by atoms with Crippen LogP contribution >= 0.6 is 0 Å². The second-order valence-corrected chi connectivity index (χ2v) is 8.92. The summed E-state index contributed by atoms with van der Waals surface area (Å²) in [5, 5.41) is 5.50. The average Bonchev–Trinajstić information content (AvgIpc) is 2.78. The number of hydrogen-bond acceptors (Lipinski definition) is 6. The van der Waals surface area contributed by atoms with E-state index in [0.717, 1.165) is 24.8 Å². The van der Waals surface area contributed by atoms with Crippen molar-refractivity contribution >= 4 is 35.0 Å². The van der Waals surface area contributed by atoms with E-state index in [1.54, 1.807) is 24.3 Å². The largest absolute Gasteiger partial charge is 0.494 e. The second kappa shape index (κ2) is 9.70. The first-order valence-corrected chi connectivity index (χ1v) is 11.7. The predicted octanol–water partition coefficient (Wildman–Crippen LogP) is 3.61. The number of amides is 2. The molecule has 0 saturated carbocycles.